The second-order valence-electron chi connectivity index (χ2n) is 6.41. The average Bonchev–Trinajstić information content (AvgIpc) is 2.96. The van der Waals surface area contributed by atoms with E-state index in [1.54, 1.807) is 4.90 Å². The lowest BCUT2D eigenvalue weighted by Gasteiger charge is -2.25. The molecular formula is C13H22N4O3S. The Balaban J connectivity index is 2.19. The third kappa shape index (κ3) is 3.42. The minimum atomic E-state index is -3.03. The summed E-state index contributed by atoms with van der Waals surface area (Å²) in [4.78, 5) is 18.3. The first-order valence-corrected chi connectivity index (χ1v) is 8.90. The van der Waals surface area contributed by atoms with E-state index in [-0.39, 0.29) is 34.7 Å². The van der Waals surface area contributed by atoms with Gasteiger partial charge < -0.3 is 4.90 Å². The number of H-pyrrole nitrogens is 1. The fraction of sp³-hybridized carbons (Fsp3) is 0.769. The predicted octanol–water partition coefficient (Wildman–Crippen LogP) is 0.751. The molecule has 1 atom stereocenters. The predicted molar refractivity (Wildman–Crippen MR) is 78.9 cm³/mol. The fourth-order valence-electron chi connectivity index (χ4n) is 2.41. The zero-order valence-corrected chi connectivity index (χ0v) is 13.7. The van der Waals surface area contributed by atoms with Gasteiger partial charge in [-0.1, -0.05) is 20.8 Å². The quantitative estimate of drug-likeness (QED) is 0.888. The fourth-order valence-corrected chi connectivity index (χ4v) is 4.14. The first-order chi connectivity index (χ1) is 9.64. The van der Waals surface area contributed by atoms with E-state index in [4.69, 9.17) is 0 Å². The van der Waals surface area contributed by atoms with Gasteiger partial charge in [0.2, 0.25) is 5.82 Å². The molecule has 0 saturated carbocycles. The second-order valence-corrected chi connectivity index (χ2v) is 8.63. The first-order valence-electron chi connectivity index (χ1n) is 7.08. The van der Waals surface area contributed by atoms with Gasteiger partial charge in [0.1, 0.15) is 5.82 Å². The summed E-state index contributed by atoms with van der Waals surface area (Å²) in [5.74, 6) is 0.601. The van der Waals surface area contributed by atoms with Crippen LogP contribution in [-0.4, -0.2) is 58.5 Å². The maximum absolute atomic E-state index is 12.5. The Bertz CT molecular complexity index is 630. The molecule has 0 radical (unpaired) electrons. The van der Waals surface area contributed by atoms with Gasteiger partial charge in [0, 0.05) is 18.0 Å². The molecule has 1 amide bonds. The van der Waals surface area contributed by atoms with Crippen molar-refractivity contribution in [3.05, 3.63) is 11.6 Å². The summed E-state index contributed by atoms with van der Waals surface area (Å²) in [6, 6.07) is -0.274. The van der Waals surface area contributed by atoms with Gasteiger partial charge in [-0.25, -0.2) is 13.4 Å². The van der Waals surface area contributed by atoms with E-state index in [9.17, 15) is 13.2 Å². The van der Waals surface area contributed by atoms with Crippen LogP contribution in [0.15, 0.2) is 0 Å². The SMILES string of the molecule is CCN(C(=O)c1n[nH]c(C(C)(C)C)n1)C1CCS(=O)(=O)C1. The number of aromatic nitrogens is 3. The van der Waals surface area contributed by atoms with Crippen LogP contribution in [0, 0.1) is 0 Å². The van der Waals surface area contributed by atoms with Gasteiger partial charge in [-0.3, -0.25) is 9.89 Å². The van der Waals surface area contributed by atoms with E-state index in [0.29, 0.717) is 18.8 Å². The molecule has 8 heteroatoms. The number of hydrogen-bond donors (Lipinski definition) is 1. The number of aromatic amines is 1. The Morgan fingerprint density at radius 3 is 2.52 bits per heavy atom. The molecule has 1 aliphatic rings. The van der Waals surface area contributed by atoms with Crippen molar-refractivity contribution >= 4 is 15.7 Å². The van der Waals surface area contributed by atoms with Crippen molar-refractivity contribution in [3.63, 3.8) is 0 Å². The molecule has 1 N–H and O–H groups in total. The lowest BCUT2D eigenvalue weighted by Crippen LogP contribution is -2.41. The smallest absolute Gasteiger partial charge is 0.293 e. The van der Waals surface area contributed by atoms with E-state index < -0.39 is 9.84 Å². The molecule has 1 aromatic rings. The lowest BCUT2D eigenvalue weighted by atomic mass is 9.96. The van der Waals surface area contributed by atoms with Gasteiger partial charge in [-0.15, -0.1) is 5.10 Å². The Morgan fingerprint density at radius 2 is 2.10 bits per heavy atom. The lowest BCUT2D eigenvalue weighted by molar-refractivity contribution is 0.0696. The van der Waals surface area contributed by atoms with Crippen LogP contribution in [-0.2, 0) is 15.3 Å². The molecule has 0 spiro atoms. The highest BCUT2D eigenvalue weighted by molar-refractivity contribution is 7.91. The van der Waals surface area contributed by atoms with Crippen LogP contribution in [0.4, 0.5) is 0 Å². The number of nitrogens with zero attached hydrogens (tertiary/aromatic N) is 3. The highest BCUT2D eigenvalue weighted by Gasteiger charge is 2.35. The van der Waals surface area contributed by atoms with Gasteiger partial charge in [0.15, 0.2) is 9.84 Å². The van der Waals surface area contributed by atoms with Gasteiger partial charge in [0.25, 0.3) is 5.91 Å². The van der Waals surface area contributed by atoms with E-state index in [2.05, 4.69) is 15.2 Å². The molecule has 1 fully saturated rings. The van der Waals surface area contributed by atoms with Crippen LogP contribution in [0.1, 0.15) is 50.6 Å². The summed E-state index contributed by atoms with van der Waals surface area (Å²) < 4.78 is 23.2. The van der Waals surface area contributed by atoms with Crippen molar-refractivity contribution in [2.75, 3.05) is 18.1 Å². The van der Waals surface area contributed by atoms with Crippen molar-refractivity contribution in [2.45, 2.75) is 45.6 Å². The summed E-state index contributed by atoms with van der Waals surface area (Å²) in [5.41, 5.74) is -0.223. The van der Waals surface area contributed by atoms with Crippen molar-refractivity contribution in [3.8, 4) is 0 Å². The molecule has 1 unspecified atom stereocenters. The van der Waals surface area contributed by atoms with Crippen molar-refractivity contribution < 1.29 is 13.2 Å². The molecule has 0 aliphatic carbocycles. The van der Waals surface area contributed by atoms with Crippen LogP contribution in [0.5, 0.6) is 0 Å². The van der Waals surface area contributed by atoms with Crippen LogP contribution in [0.25, 0.3) is 0 Å². The molecule has 0 aromatic carbocycles. The Kier molecular flexibility index (Phi) is 4.10. The Labute approximate surface area is 125 Å². The summed E-state index contributed by atoms with van der Waals surface area (Å²) >= 11 is 0. The summed E-state index contributed by atoms with van der Waals surface area (Å²) in [5, 5.41) is 6.77. The van der Waals surface area contributed by atoms with Gasteiger partial charge >= 0.3 is 0 Å². The number of hydrogen-bond acceptors (Lipinski definition) is 5. The molecule has 21 heavy (non-hydrogen) atoms. The average molecular weight is 314 g/mol. The normalized spacial score (nSPS) is 21.4. The molecule has 2 rings (SSSR count). The first kappa shape index (κ1) is 15.9. The third-order valence-corrected chi connectivity index (χ3v) is 5.39. The number of sulfone groups is 1. The van der Waals surface area contributed by atoms with Gasteiger partial charge in [0.05, 0.1) is 11.5 Å². The van der Waals surface area contributed by atoms with Crippen molar-refractivity contribution in [2.24, 2.45) is 0 Å². The summed E-state index contributed by atoms with van der Waals surface area (Å²) in [7, 11) is -3.03. The monoisotopic (exact) mass is 314 g/mol. The van der Waals surface area contributed by atoms with Crippen molar-refractivity contribution in [1.29, 1.82) is 0 Å². The highest BCUT2D eigenvalue weighted by atomic mass is 32.2. The molecule has 118 valence electrons. The molecular weight excluding hydrogens is 292 g/mol. The van der Waals surface area contributed by atoms with Gasteiger partial charge in [-0.2, -0.15) is 0 Å². The summed E-state index contributed by atoms with van der Waals surface area (Å²) in [6.45, 7) is 8.20. The minimum Gasteiger partial charge on any atom is -0.332 e. The summed E-state index contributed by atoms with van der Waals surface area (Å²) in [6.07, 6.45) is 0.485. The van der Waals surface area contributed by atoms with Crippen LogP contribution >= 0.6 is 0 Å². The van der Waals surface area contributed by atoms with Crippen LogP contribution < -0.4 is 0 Å². The molecule has 1 aromatic heterocycles. The number of carbonyl (C=O) groups is 1. The maximum atomic E-state index is 12.5. The zero-order valence-electron chi connectivity index (χ0n) is 12.9. The van der Waals surface area contributed by atoms with E-state index >= 15 is 0 Å². The van der Waals surface area contributed by atoms with Gasteiger partial charge in [-0.05, 0) is 13.3 Å². The number of nitrogens with one attached hydrogen (secondary N) is 1. The minimum absolute atomic E-state index is 0.0309. The van der Waals surface area contributed by atoms with Crippen molar-refractivity contribution in [1.82, 2.24) is 20.1 Å². The van der Waals surface area contributed by atoms with E-state index in [1.165, 1.54) is 0 Å². The topological polar surface area (TPSA) is 96.0 Å². The largest absolute Gasteiger partial charge is 0.332 e. The second kappa shape index (κ2) is 5.40. The molecule has 1 saturated heterocycles. The van der Waals surface area contributed by atoms with E-state index in [1.807, 2.05) is 27.7 Å². The third-order valence-electron chi connectivity index (χ3n) is 3.64. The number of rotatable bonds is 3. The zero-order chi connectivity index (χ0) is 15.8. The molecule has 7 nitrogen and oxygen atoms in total. The number of carbonyl (C=O) groups excluding carboxylic acids is 1. The Morgan fingerprint density at radius 1 is 1.43 bits per heavy atom. The van der Waals surface area contributed by atoms with Crippen LogP contribution in [0.2, 0.25) is 0 Å². The molecule has 0 bridgehead atoms. The highest BCUT2D eigenvalue weighted by Crippen LogP contribution is 2.21. The maximum Gasteiger partial charge on any atom is 0.293 e. The molecule has 1 aliphatic heterocycles. The van der Waals surface area contributed by atoms with Crippen LogP contribution in [0.3, 0.4) is 0 Å². The van der Waals surface area contributed by atoms with E-state index in [0.717, 1.165) is 0 Å². The Hall–Kier alpha value is -1.44. The molecule has 2 heterocycles. The number of amides is 1. The standard InChI is InChI=1S/C13H22N4O3S/c1-5-17(9-6-7-21(19,20)8-9)11(18)10-14-12(16-15-10)13(2,3)4/h9H,5-8H2,1-4H3,(H,14,15,16).